The second-order valence-electron chi connectivity index (χ2n) is 6.07. The Bertz CT molecular complexity index is 1280. The second kappa shape index (κ2) is 8.47. The third-order valence-electron chi connectivity index (χ3n) is 3.79. The van der Waals surface area contributed by atoms with Gasteiger partial charge in [0.15, 0.2) is 9.84 Å². The van der Waals surface area contributed by atoms with Gasteiger partial charge in [0.05, 0.1) is 15.6 Å². The van der Waals surface area contributed by atoms with Crippen molar-refractivity contribution in [2.24, 2.45) is 10.7 Å². The number of carbonyl (C=O) groups is 1. The van der Waals surface area contributed by atoms with Crippen molar-refractivity contribution in [3.63, 3.8) is 0 Å². The monoisotopic (exact) mass is 446 g/mol. The molecule has 0 atom stereocenters. The molecule has 0 amide bonds. The van der Waals surface area contributed by atoms with Crippen molar-refractivity contribution < 1.29 is 22.7 Å². The first-order valence-corrected chi connectivity index (χ1v) is 10.6. The molecule has 0 saturated carbocycles. The van der Waals surface area contributed by atoms with Crippen LogP contribution >= 0.6 is 11.6 Å². The van der Waals surface area contributed by atoms with E-state index in [0.29, 0.717) is 16.3 Å². The predicted molar refractivity (Wildman–Crippen MR) is 110 cm³/mol. The zero-order valence-electron chi connectivity index (χ0n) is 15.5. The summed E-state index contributed by atoms with van der Waals surface area (Å²) in [5.41, 5.74) is 5.70. The predicted octanol–water partition coefficient (Wildman–Crippen LogP) is 2.84. The Morgan fingerprint density at radius 1 is 1.20 bits per heavy atom. The number of aliphatic imine (C=N–C) groups is 1. The molecule has 1 aromatic heterocycles. The number of carboxylic acid groups (broad SMARTS) is 1. The Balaban J connectivity index is 2.09. The van der Waals surface area contributed by atoms with E-state index < -0.39 is 21.5 Å². The van der Waals surface area contributed by atoms with Crippen molar-refractivity contribution in [2.45, 2.75) is 4.90 Å². The van der Waals surface area contributed by atoms with E-state index in [9.17, 15) is 13.2 Å². The fourth-order valence-electron chi connectivity index (χ4n) is 2.33. The van der Waals surface area contributed by atoms with Crippen molar-refractivity contribution in [3.05, 3.63) is 71.2 Å². The number of sulfone groups is 1. The average Bonchev–Trinajstić information content (AvgIpc) is 3.18. The molecule has 9 nitrogen and oxygen atoms in total. The molecule has 3 aromatic rings. The zero-order valence-corrected chi connectivity index (χ0v) is 17.1. The Morgan fingerprint density at radius 2 is 1.93 bits per heavy atom. The number of halogens is 1. The topological polar surface area (TPSA) is 149 Å². The smallest absolute Gasteiger partial charge is 0.351 e. The lowest BCUT2D eigenvalue weighted by Gasteiger charge is -2.01. The number of carboxylic acids is 1. The largest absolute Gasteiger partial charge is 0.477 e. The van der Waals surface area contributed by atoms with Gasteiger partial charge in [0, 0.05) is 11.8 Å². The molecule has 0 bridgehead atoms. The molecule has 0 aliphatic rings. The van der Waals surface area contributed by atoms with E-state index in [1.807, 2.05) is 0 Å². The average molecular weight is 447 g/mol. The van der Waals surface area contributed by atoms with Gasteiger partial charge in [0.2, 0.25) is 5.89 Å². The van der Waals surface area contributed by atoms with Crippen LogP contribution in [0.2, 0.25) is 5.02 Å². The lowest BCUT2D eigenvalue weighted by atomic mass is 10.2. The van der Waals surface area contributed by atoms with E-state index in [2.05, 4.69) is 15.2 Å². The highest BCUT2D eigenvalue weighted by Gasteiger charge is 2.17. The van der Waals surface area contributed by atoms with Gasteiger partial charge in [-0.15, -0.1) is 10.2 Å². The molecule has 0 aliphatic heterocycles. The summed E-state index contributed by atoms with van der Waals surface area (Å²) in [4.78, 5) is 15.5. The van der Waals surface area contributed by atoms with Crippen molar-refractivity contribution in [1.29, 1.82) is 0 Å². The first kappa shape index (κ1) is 21.2. The molecule has 0 fully saturated rings. The van der Waals surface area contributed by atoms with Gasteiger partial charge < -0.3 is 15.3 Å². The normalized spacial score (nSPS) is 12.7. The number of nitrogens with zero attached hydrogens (tertiary/aromatic N) is 3. The van der Waals surface area contributed by atoms with Crippen molar-refractivity contribution in [2.75, 3.05) is 6.26 Å². The van der Waals surface area contributed by atoms with Crippen LogP contribution in [0.25, 0.3) is 11.5 Å². The van der Waals surface area contributed by atoms with E-state index in [1.165, 1.54) is 18.2 Å². The summed E-state index contributed by atoms with van der Waals surface area (Å²) in [5.74, 6) is -1.47. The number of aliphatic carboxylic acids is 1. The van der Waals surface area contributed by atoms with Gasteiger partial charge in [-0.05, 0) is 36.4 Å². The van der Waals surface area contributed by atoms with Crippen LogP contribution in [0.1, 0.15) is 5.89 Å². The van der Waals surface area contributed by atoms with Crippen LogP contribution in [0.3, 0.4) is 0 Å². The maximum atomic E-state index is 11.8. The number of nitrogens with two attached hydrogens (primary N) is 1. The molecule has 0 spiro atoms. The van der Waals surface area contributed by atoms with Crippen molar-refractivity contribution in [1.82, 2.24) is 10.2 Å². The summed E-state index contributed by atoms with van der Waals surface area (Å²) < 4.78 is 29.2. The molecule has 3 N–H and O–H groups in total. The van der Waals surface area contributed by atoms with E-state index >= 15 is 0 Å². The summed E-state index contributed by atoms with van der Waals surface area (Å²) in [6.07, 6.45) is 2.15. The molecule has 1 heterocycles. The van der Waals surface area contributed by atoms with Crippen molar-refractivity contribution in [3.8, 4) is 11.5 Å². The maximum absolute atomic E-state index is 11.8. The van der Waals surface area contributed by atoms with E-state index in [4.69, 9.17) is 26.9 Å². The lowest BCUT2D eigenvalue weighted by Crippen LogP contribution is -2.13. The molecule has 0 aliphatic carbocycles. The molecule has 2 aromatic carbocycles. The molecule has 30 heavy (non-hydrogen) atoms. The highest BCUT2D eigenvalue weighted by molar-refractivity contribution is 7.90. The van der Waals surface area contributed by atoms with Gasteiger partial charge >= 0.3 is 5.97 Å². The zero-order chi connectivity index (χ0) is 21.9. The lowest BCUT2D eigenvalue weighted by molar-refractivity contribution is -0.132. The number of hydrogen-bond donors (Lipinski definition) is 2. The third-order valence-corrected chi connectivity index (χ3v) is 5.22. The summed E-state index contributed by atoms with van der Waals surface area (Å²) in [6, 6.07) is 12.6. The van der Waals surface area contributed by atoms with Gasteiger partial charge in [-0.2, -0.15) is 0 Å². The van der Waals surface area contributed by atoms with Crippen molar-refractivity contribution >= 4 is 38.8 Å². The van der Waals surface area contributed by atoms with E-state index in [0.717, 1.165) is 12.3 Å². The Morgan fingerprint density at radius 3 is 2.60 bits per heavy atom. The Labute approximate surface area is 176 Å². The van der Waals surface area contributed by atoms with Crippen LogP contribution in [0.15, 0.2) is 74.6 Å². The molecule has 3 rings (SSSR count). The fraction of sp³-hybridized carbons (Fsp3) is 0.0526. The number of aromatic nitrogens is 2. The number of rotatable bonds is 6. The molecule has 0 radical (unpaired) electrons. The molecule has 0 unspecified atom stereocenters. The first-order valence-electron chi connectivity index (χ1n) is 8.33. The molecule has 154 valence electrons. The molecule has 11 heteroatoms. The number of allylic oxidation sites excluding steroid dienone is 1. The molecular weight excluding hydrogens is 432 g/mol. The summed E-state index contributed by atoms with van der Waals surface area (Å²) >= 11 is 6.12. The first-order chi connectivity index (χ1) is 14.1. The number of benzene rings is 2. The number of para-hydroxylation sites is 1. The van der Waals surface area contributed by atoms with Gasteiger partial charge in [-0.25, -0.2) is 18.2 Å². The van der Waals surface area contributed by atoms with E-state index in [1.54, 1.807) is 30.3 Å². The Hall–Kier alpha value is -3.50. The summed E-state index contributed by atoms with van der Waals surface area (Å²) in [7, 11) is -3.43. The van der Waals surface area contributed by atoms with Gasteiger partial charge in [0.1, 0.15) is 11.4 Å². The van der Waals surface area contributed by atoms with Crippen LogP contribution in [0.5, 0.6) is 0 Å². The summed E-state index contributed by atoms with van der Waals surface area (Å²) in [6.45, 7) is 0. The minimum atomic E-state index is -3.43. The standard InChI is InChI=1S/C19H15ClN4O5S/c1-30(27,28)12-6-4-5-11(9-12)17-23-24-18(29-17)16(10-14(21)19(25)26)22-15-8-3-2-7-13(15)20/h2-10H,21H2,1H3,(H,25,26). The summed E-state index contributed by atoms with van der Waals surface area (Å²) in [5, 5.41) is 17.2. The SMILES string of the molecule is CS(=O)(=O)c1cccc(-c2nnc(C(C=C(N)C(=O)O)=Nc3ccccc3Cl)o2)c1. The molecule has 0 saturated heterocycles. The Kier molecular flexibility index (Phi) is 5.99. The second-order valence-corrected chi connectivity index (χ2v) is 8.49. The minimum Gasteiger partial charge on any atom is -0.477 e. The maximum Gasteiger partial charge on any atom is 0.351 e. The van der Waals surface area contributed by atoms with Crippen LogP contribution in [0, 0.1) is 0 Å². The quantitative estimate of drug-likeness (QED) is 0.433. The molecular formula is C19H15ClN4O5S. The van der Waals surface area contributed by atoms with Gasteiger partial charge in [-0.3, -0.25) is 0 Å². The highest BCUT2D eigenvalue weighted by Crippen LogP contribution is 2.26. The van der Waals surface area contributed by atoms with Crippen LogP contribution in [-0.4, -0.2) is 41.7 Å². The van der Waals surface area contributed by atoms with Crippen LogP contribution in [0.4, 0.5) is 5.69 Å². The highest BCUT2D eigenvalue weighted by atomic mass is 35.5. The van der Waals surface area contributed by atoms with Gasteiger partial charge in [-0.1, -0.05) is 29.8 Å². The van der Waals surface area contributed by atoms with E-state index in [-0.39, 0.29) is 22.4 Å². The fourth-order valence-corrected chi connectivity index (χ4v) is 3.17. The van der Waals surface area contributed by atoms with Crippen LogP contribution < -0.4 is 5.73 Å². The third kappa shape index (κ3) is 4.91. The van der Waals surface area contributed by atoms with Gasteiger partial charge in [0.25, 0.3) is 5.89 Å². The van der Waals surface area contributed by atoms with Crippen LogP contribution in [-0.2, 0) is 14.6 Å². The number of hydrogen-bond acceptors (Lipinski definition) is 8. The minimum absolute atomic E-state index is 0.0182.